The van der Waals surface area contributed by atoms with E-state index >= 15 is 0 Å². The van der Waals surface area contributed by atoms with Gasteiger partial charge in [-0.05, 0) is 58.7 Å². The summed E-state index contributed by atoms with van der Waals surface area (Å²) < 4.78 is 0. The Morgan fingerprint density at radius 1 is 1.06 bits per heavy atom. The Bertz CT molecular complexity index is 185. The van der Waals surface area contributed by atoms with Crippen LogP contribution in [0.2, 0.25) is 0 Å². The van der Waals surface area contributed by atoms with Gasteiger partial charge < -0.3 is 10.2 Å². The predicted molar refractivity (Wildman–Crippen MR) is 76.4 cm³/mol. The number of hydrogen-bond donors (Lipinski definition) is 1. The highest BCUT2D eigenvalue weighted by Gasteiger charge is 2.22. The second-order valence-electron chi connectivity index (χ2n) is 6.14. The van der Waals surface area contributed by atoms with Gasteiger partial charge >= 0.3 is 0 Å². The number of rotatable bonds is 8. The molecule has 0 bridgehead atoms. The van der Waals surface area contributed by atoms with Crippen LogP contribution in [0.25, 0.3) is 0 Å². The van der Waals surface area contributed by atoms with E-state index in [1.54, 1.807) is 0 Å². The molecule has 1 atom stereocenters. The van der Waals surface area contributed by atoms with Crippen molar-refractivity contribution in [2.75, 3.05) is 20.1 Å². The minimum Gasteiger partial charge on any atom is -0.317 e. The first-order valence-corrected chi connectivity index (χ1v) is 7.54. The zero-order valence-corrected chi connectivity index (χ0v) is 12.3. The second-order valence-corrected chi connectivity index (χ2v) is 6.14. The summed E-state index contributed by atoms with van der Waals surface area (Å²) in [5, 5.41) is 3.35. The van der Waals surface area contributed by atoms with Gasteiger partial charge in [-0.1, -0.05) is 26.7 Å². The highest BCUT2D eigenvalue weighted by atomic mass is 15.2. The van der Waals surface area contributed by atoms with Gasteiger partial charge in [-0.3, -0.25) is 0 Å². The molecule has 0 aromatic rings. The van der Waals surface area contributed by atoms with Crippen LogP contribution in [0.1, 0.15) is 59.3 Å². The van der Waals surface area contributed by atoms with Crippen LogP contribution >= 0.6 is 0 Å². The van der Waals surface area contributed by atoms with E-state index in [1.807, 2.05) is 0 Å². The van der Waals surface area contributed by atoms with Gasteiger partial charge in [0.05, 0.1) is 0 Å². The van der Waals surface area contributed by atoms with E-state index in [4.69, 9.17) is 0 Å². The normalized spacial score (nSPS) is 19.4. The topological polar surface area (TPSA) is 15.3 Å². The molecule has 1 aliphatic carbocycles. The molecule has 0 aromatic carbocycles. The van der Waals surface area contributed by atoms with E-state index in [0.29, 0.717) is 6.04 Å². The van der Waals surface area contributed by atoms with Gasteiger partial charge in [0.1, 0.15) is 0 Å². The molecule has 2 nitrogen and oxygen atoms in total. The van der Waals surface area contributed by atoms with E-state index in [9.17, 15) is 0 Å². The van der Waals surface area contributed by atoms with Gasteiger partial charge in [-0.25, -0.2) is 0 Å². The minimum atomic E-state index is 0.651. The van der Waals surface area contributed by atoms with Crippen LogP contribution in [-0.2, 0) is 0 Å². The predicted octanol–water partition coefficient (Wildman–Crippen LogP) is 3.28. The van der Waals surface area contributed by atoms with Crippen molar-refractivity contribution in [3.8, 4) is 0 Å². The van der Waals surface area contributed by atoms with E-state index in [1.165, 1.54) is 51.6 Å². The Morgan fingerprint density at radius 2 is 1.65 bits per heavy atom. The van der Waals surface area contributed by atoms with Crippen LogP contribution in [0.15, 0.2) is 0 Å². The van der Waals surface area contributed by atoms with Gasteiger partial charge in [-0.15, -0.1) is 0 Å². The van der Waals surface area contributed by atoms with Crippen LogP contribution in [0.5, 0.6) is 0 Å². The van der Waals surface area contributed by atoms with Crippen LogP contribution < -0.4 is 5.32 Å². The van der Waals surface area contributed by atoms with E-state index in [-0.39, 0.29) is 0 Å². The van der Waals surface area contributed by atoms with Crippen molar-refractivity contribution in [1.82, 2.24) is 10.2 Å². The summed E-state index contributed by atoms with van der Waals surface area (Å²) >= 11 is 0. The number of nitrogens with zero attached hydrogens (tertiary/aromatic N) is 1. The molecule has 0 saturated heterocycles. The zero-order chi connectivity index (χ0) is 12.7. The van der Waals surface area contributed by atoms with Crippen molar-refractivity contribution >= 4 is 0 Å². The highest BCUT2D eigenvalue weighted by molar-refractivity contribution is 4.78. The van der Waals surface area contributed by atoms with Gasteiger partial charge in [0, 0.05) is 12.1 Å². The SMILES string of the molecule is CNC(C)CCN(CCC(C)C)C1CCCC1. The second kappa shape index (κ2) is 8.10. The Balaban J connectivity index is 2.34. The van der Waals surface area contributed by atoms with Gasteiger partial charge in [0.15, 0.2) is 0 Å². The molecule has 102 valence electrons. The standard InChI is InChI=1S/C15H32N2/c1-13(2)9-11-17(12-10-14(3)16-4)15-7-5-6-8-15/h13-16H,5-12H2,1-4H3. The number of hydrogen-bond acceptors (Lipinski definition) is 2. The summed E-state index contributed by atoms with van der Waals surface area (Å²) in [6.07, 6.45) is 8.41. The highest BCUT2D eigenvalue weighted by Crippen LogP contribution is 2.24. The molecule has 0 spiro atoms. The molecule has 0 aliphatic heterocycles. The van der Waals surface area contributed by atoms with Crippen molar-refractivity contribution in [2.45, 2.75) is 71.4 Å². The summed E-state index contributed by atoms with van der Waals surface area (Å²) in [5.74, 6) is 0.834. The van der Waals surface area contributed by atoms with E-state index < -0.39 is 0 Å². The fourth-order valence-corrected chi connectivity index (χ4v) is 2.67. The molecule has 1 unspecified atom stereocenters. The van der Waals surface area contributed by atoms with Crippen molar-refractivity contribution in [3.63, 3.8) is 0 Å². The maximum atomic E-state index is 3.35. The first-order chi connectivity index (χ1) is 8.13. The quantitative estimate of drug-likeness (QED) is 0.700. The molecule has 1 rings (SSSR count). The van der Waals surface area contributed by atoms with E-state index in [0.717, 1.165) is 12.0 Å². The maximum Gasteiger partial charge on any atom is 0.00952 e. The van der Waals surface area contributed by atoms with Gasteiger partial charge in [0.2, 0.25) is 0 Å². The fraction of sp³-hybridized carbons (Fsp3) is 1.00. The summed E-state index contributed by atoms with van der Waals surface area (Å²) in [6.45, 7) is 9.54. The van der Waals surface area contributed by atoms with Crippen LogP contribution in [-0.4, -0.2) is 37.1 Å². The Morgan fingerprint density at radius 3 is 2.18 bits per heavy atom. The fourth-order valence-electron chi connectivity index (χ4n) is 2.67. The van der Waals surface area contributed by atoms with Gasteiger partial charge in [-0.2, -0.15) is 0 Å². The Hall–Kier alpha value is -0.0800. The molecule has 17 heavy (non-hydrogen) atoms. The molecular formula is C15H32N2. The molecule has 0 amide bonds. The van der Waals surface area contributed by atoms with Crippen molar-refractivity contribution in [1.29, 1.82) is 0 Å². The third-order valence-corrected chi connectivity index (χ3v) is 4.18. The lowest BCUT2D eigenvalue weighted by Crippen LogP contribution is -2.38. The Kier molecular flexibility index (Phi) is 7.14. The zero-order valence-electron chi connectivity index (χ0n) is 12.3. The third-order valence-electron chi connectivity index (χ3n) is 4.18. The molecule has 0 heterocycles. The monoisotopic (exact) mass is 240 g/mol. The maximum absolute atomic E-state index is 3.35. The minimum absolute atomic E-state index is 0.651. The molecule has 1 saturated carbocycles. The lowest BCUT2D eigenvalue weighted by Gasteiger charge is -2.30. The third kappa shape index (κ3) is 5.87. The molecule has 1 fully saturated rings. The average Bonchev–Trinajstić information content (AvgIpc) is 2.81. The molecule has 2 heteroatoms. The van der Waals surface area contributed by atoms with Gasteiger partial charge in [0.25, 0.3) is 0 Å². The van der Waals surface area contributed by atoms with Crippen LogP contribution in [0.4, 0.5) is 0 Å². The summed E-state index contributed by atoms with van der Waals surface area (Å²) in [7, 11) is 2.07. The largest absolute Gasteiger partial charge is 0.317 e. The van der Waals surface area contributed by atoms with Crippen LogP contribution in [0, 0.1) is 5.92 Å². The summed E-state index contributed by atoms with van der Waals surface area (Å²) in [5.41, 5.74) is 0. The van der Waals surface area contributed by atoms with Crippen molar-refractivity contribution in [2.24, 2.45) is 5.92 Å². The Labute approximate surface area is 108 Å². The van der Waals surface area contributed by atoms with Crippen LogP contribution in [0.3, 0.4) is 0 Å². The number of nitrogens with one attached hydrogen (secondary N) is 1. The van der Waals surface area contributed by atoms with Crippen molar-refractivity contribution < 1.29 is 0 Å². The average molecular weight is 240 g/mol. The lowest BCUT2D eigenvalue weighted by molar-refractivity contribution is 0.180. The van der Waals surface area contributed by atoms with E-state index in [2.05, 4.69) is 38.0 Å². The molecule has 1 N–H and O–H groups in total. The first kappa shape index (κ1) is 15.0. The first-order valence-electron chi connectivity index (χ1n) is 7.54. The molecule has 1 aliphatic rings. The lowest BCUT2D eigenvalue weighted by atomic mass is 10.1. The smallest absolute Gasteiger partial charge is 0.00952 e. The summed E-state index contributed by atoms with van der Waals surface area (Å²) in [6, 6.07) is 1.54. The summed E-state index contributed by atoms with van der Waals surface area (Å²) in [4.78, 5) is 2.76. The molecule has 0 aromatic heterocycles. The molecule has 0 radical (unpaired) electrons. The molecular weight excluding hydrogens is 208 g/mol. The van der Waals surface area contributed by atoms with Crippen molar-refractivity contribution in [3.05, 3.63) is 0 Å².